The highest BCUT2D eigenvalue weighted by Gasteiger charge is 2.07. The number of methoxy groups -OCH3 is 1. The maximum atomic E-state index is 8.65. The molecule has 0 amide bonds. The minimum Gasteiger partial charge on any atom is -0.496 e. The molecular weight excluding hydrogens is 218 g/mol. The lowest BCUT2D eigenvalue weighted by Gasteiger charge is -2.09. The van der Waals surface area contributed by atoms with Gasteiger partial charge in [-0.1, -0.05) is 30.3 Å². The summed E-state index contributed by atoms with van der Waals surface area (Å²) < 4.78 is 5.32. The third-order valence-corrected chi connectivity index (χ3v) is 3.33. The molecule has 0 heterocycles. The summed E-state index contributed by atoms with van der Waals surface area (Å²) in [4.78, 5) is 1.04. The van der Waals surface area contributed by atoms with Crippen LogP contribution in [-0.2, 0) is 0 Å². The van der Waals surface area contributed by atoms with Gasteiger partial charge in [-0.15, -0.1) is 11.8 Å². The molecule has 0 saturated carbocycles. The van der Waals surface area contributed by atoms with Crippen LogP contribution in [0.5, 0.6) is 5.75 Å². The van der Waals surface area contributed by atoms with E-state index in [2.05, 4.69) is 18.2 Å². The lowest BCUT2D eigenvalue weighted by molar-refractivity contribution is 0.406. The Labute approximate surface area is 98.8 Å². The number of thioether (sulfide) groups is 1. The largest absolute Gasteiger partial charge is 0.496 e. The van der Waals surface area contributed by atoms with Crippen LogP contribution in [0.4, 0.5) is 0 Å². The van der Waals surface area contributed by atoms with Crippen molar-refractivity contribution >= 4 is 22.5 Å². The molecule has 0 aliphatic rings. The molecule has 0 saturated heterocycles. The number of hydrogen-bond acceptors (Lipinski definition) is 3. The van der Waals surface area contributed by atoms with Crippen LogP contribution in [0, 0.1) is 11.3 Å². The second-order valence-corrected chi connectivity index (χ2v) is 4.25. The van der Waals surface area contributed by atoms with Gasteiger partial charge in [0.15, 0.2) is 0 Å². The van der Waals surface area contributed by atoms with Crippen molar-refractivity contribution in [2.75, 3.05) is 12.9 Å². The van der Waals surface area contributed by atoms with Crippen LogP contribution in [0.2, 0.25) is 0 Å². The SMILES string of the molecule is COc1ccc2ccccc2c1SCC#N. The van der Waals surface area contributed by atoms with Gasteiger partial charge < -0.3 is 4.74 Å². The Kier molecular flexibility index (Phi) is 3.33. The molecule has 80 valence electrons. The Morgan fingerprint density at radius 1 is 1.25 bits per heavy atom. The topological polar surface area (TPSA) is 33.0 Å². The molecule has 0 spiro atoms. The second-order valence-electron chi connectivity index (χ2n) is 3.26. The van der Waals surface area contributed by atoms with E-state index in [9.17, 15) is 0 Å². The van der Waals surface area contributed by atoms with Crippen molar-refractivity contribution in [1.29, 1.82) is 5.26 Å². The summed E-state index contributed by atoms with van der Waals surface area (Å²) in [5.41, 5.74) is 0. The summed E-state index contributed by atoms with van der Waals surface area (Å²) in [7, 11) is 1.65. The number of ether oxygens (including phenoxy) is 1. The maximum absolute atomic E-state index is 8.65. The van der Waals surface area contributed by atoms with Gasteiger partial charge in [-0.05, 0) is 16.8 Å². The Hall–Kier alpha value is -1.66. The predicted octanol–water partition coefficient (Wildman–Crippen LogP) is 3.46. The van der Waals surface area contributed by atoms with Crippen molar-refractivity contribution in [3.05, 3.63) is 36.4 Å². The smallest absolute Gasteiger partial charge is 0.133 e. The monoisotopic (exact) mass is 229 g/mol. The van der Waals surface area contributed by atoms with E-state index in [-0.39, 0.29) is 0 Å². The van der Waals surface area contributed by atoms with E-state index in [0.29, 0.717) is 5.75 Å². The first-order valence-corrected chi connectivity index (χ1v) is 5.91. The fraction of sp³-hybridized carbons (Fsp3) is 0.154. The highest BCUT2D eigenvalue weighted by atomic mass is 32.2. The van der Waals surface area contributed by atoms with Crippen LogP contribution < -0.4 is 4.74 Å². The van der Waals surface area contributed by atoms with Crippen molar-refractivity contribution < 1.29 is 4.74 Å². The third kappa shape index (κ3) is 1.98. The molecule has 3 heteroatoms. The number of nitrogens with zero attached hydrogens (tertiary/aromatic N) is 1. The zero-order valence-corrected chi connectivity index (χ0v) is 9.75. The second kappa shape index (κ2) is 4.91. The van der Waals surface area contributed by atoms with Gasteiger partial charge in [-0.2, -0.15) is 5.26 Å². The summed E-state index contributed by atoms with van der Waals surface area (Å²) in [6.45, 7) is 0. The van der Waals surface area contributed by atoms with Crippen LogP contribution >= 0.6 is 11.8 Å². The summed E-state index contributed by atoms with van der Waals surface area (Å²) >= 11 is 1.51. The average Bonchev–Trinajstić information content (AvgIpc) is 2.35. The van der Waals surface area contributed by atoms with E-state index in [1.165, 1.54) is 17.1 Å². The van der Waals surface area contributed by atoms with Gasteiger partial charge in [0.2, 0.25) is 0 Å². The lowest BCUT2D eigenvalue weighted by atomic mass is 10.1. The molecule has 0 unspecified atom stereocenters. The molecule has 0 bridgehead atoms. The predicted molar refractivity (Wildman–Crippen MR) is 66.8 cm³/mol. The van der Waals surface area contributed by atoms with Crippen LogP contribution in [-0.4, -0.2) is 12.9 Å². The number of hydrogen-bond donors (Lipinski definition) is 0. The Balaban J connectivity index is 2.59. The summed E-state index contributed by atoms with van der Waals surface area (Å²) in [5.74, 6) is 1.27. The normalized spacial score (nSPS) is 10.0. The molecule has 2 aromatic rings. The fourth-order valence-corrected chi connectivity index (χ4v) is 2.48. The van der Waals surface area contributed by atoms with Gasteiger partial charge in [-0.25, -0.2) is 0 Å². The summed E-state index contributed by atoms with van der Waals surface area (Å²) in [6.07, 6.45) is 0. The standard InChI is InChI=1S/C13H11NOS/c1-15-12-7-6-10-4-2-3-5-11(10)13(12)16-9-8-14/h2-7H,9H2,1H3. The number of fused-ring (bicyclic) bond motifs is 1. The number of nitriles is 1. The molecule has 2 aromatic carbocycles. The Morgan fingerprint density at radius 3 is 2.81 bits per heavy atom. The van der Waals surface area contributed by atoms with Crippen LogP contribution in [0.1, 0.15) is 0 Å². The molecule has 0 aliphatic heterocycles. The fourth-order valence-electron chi connectivity index (χ4n) is 1.64. The molecule has 0 N–H and O–H groups in total. The van der Waals surface area contributed by atoms with E-state index in [4.69, 9.17) is 10.00 Å². The zero-order valence-electron chi connectivity index (χ0n) is 8.93. The van der Waals surface area contributed by atoms with Crippen molar-refractivity contribution in [2.24, 2.45) is 0 Å². The Morgan fingerprint density at radius 2 is 2.06 bits per heavy atom. The van der Waals surface area contributed by atoms with E-state index < -0.39 is 0 Å². The van der Waals surface area contributed by atoms with Crippen molar-refractivity contribution in [2.45, 2.75) is 4.90 Å². The number of rotatable bonds is 3. The molecule has 16 heavy (non-hydrogen) atoms. The molecule has 0 aliphatic carbocycles. The molecule has 0 fully saturated rings. The van der Waals surface area contributed by atoms with Gasteiger partial charge in [0.1, 0.15) is 5.75 Å². The molecule has 0 aromatic heterocycles. The van der Waals surface area contributed by atoms with Crippen LogP contribution in [0.3, 0.4) is 0 Å². The van der Waals surface area contributed by atoms with Crippen LogP contribution in [0.25, 0.3) is 10.8 Å². The number of benzene rings is 2. The van der Waals surface area contributed by atoms with Gasteiger partial charge in [0.05, 0.1) is 23.8 Å². The first-order valence-electron chi connectivity index (χ1n) is 4.92. The van der Waals surface area contributed by atoms with Gasteiger partial charge in [0.25, 0.3) is 0 Å². The average molecular weight is 229 g/mol. The highest BCUT2D eigenvalue weighted by molar-refractivity contribution is 7.99. The first-order chi connectivity index (χ1) is 7.86. The molecular formula is C13H11NOS. The van der Waals surface area contributed by atoms with Crippen molar-refractivity contribution in [1.82, 2.24) is 0 Å². The van der Waals surface area contributed by atoms with Gasteiger partial charge in [-0.3, -0.25) is 0 Å². The van der Waals surface area contributed by atoms with Crippen molar-refractivity contribution in [3.63, 3.8) is 0 Å². The highest BCUT2D eigenvalue weighted by Crippen LogP contribution is 2.35. The summed E-state index contributed by atoms with van der Waals surface area (Å²) in [5, 5.41) is 11.0. The molecule has 0 atom stereocenters. The lowest BCUT2D eigenvalue weighted by Crippen LogP contribution is -1.88. The first kappa shape index (κ1) is 10.8. The van der Waals surface area contributed by atoms with Gasteiger partial charge in [0, 0.05) is 0 Å². The van der Waals surface area contributed by atoms with E-state index in [0.717, 1.165) is 16.0 Å². The Bertz CT molecular complexity index is 545. The minimum absolute atomic E-state index is 0.435. The van der Waals surface area contributed by atoms with E-state index >= 15 is 0 Å². The maximum Gasteiger partial charge on any atom is 0.133 e. The molecule has 2 nitrogen and oxygen atoms in total. The van der Waals surface area contributed by atoms with Crippen LogP contribution in [0.15, 0.2) is 41.3 Å². The quantitative estimate of drug-likeness (QED) is 0.755. The summed E-state index contributed by atoms with van der Waals surface area (Å²) in [6, 6.07) is 14.2. The van der Waals surface area contributed by atoms with Gasteiger partial charge >= 0.3 is 0 Å². The van der Waals surface area contributed by atoms with Crippen molar-refractivity contribution in [3.8, 4) is 11.8 Å². The molecule has 0 radical (unpaired) electrons. The third-order valence-electron chi connectivity index (χ3n) is 2.34. The molecule has 2 rings (SSSR count). The zero-order chi connectivity index (χ0) is 11.4. The van der Waals surface area contributed by atoms with E-state index in [1.807, 2.05) is 24.3 Å². The minimum atomic E-state index is 0.435. The van der Waals surface area contributed by atoms with E-state index in [1.54, 1.807) is 7.11 Å².